The third-order valence-corrected chi connectivity index (χ3v) is 1.28. The molecule has 0 aliphatic rings. The van der Waals surface area contributed by atoms with E-state index in [1.165, 1.54) is 12.7 Å². The van der Waals surface area contributed by atoms with Crippen LogP contribution in [0.3, 0.4) is 0 Å². The molecule has 1 radical (unpaired) electrons. The van der Waals surface area contributed by atoms with Crippen molar-refractivity contribution < 1.29 is 0 Å². The van der Waals surface area contributed by atoms with Crippen LogP contribution in [0, 0.1) is 0 Å². The van der Waals surface area contributed by atoms with Crippen molar-refractivity contribution in [2.75, 3.05) is 0 Å². The highest BCUT2D eigenvalue weighted by atomic mass is 13.8. The van der Waals surface area contributed by atoms with Gasteiger partial charge in [0.15, 0.2) is 0 Å². The van der Waals surface area contributed by atoms with Crippen molar-refractivity contribution in [1.29, 1.82) is 0 Å². The Balaban J connectivity index is 2.83. The van der Waals surface area contributed by atoms with E-state index in [0.29, 0.717) is 0 Å². The maximum Gasteiger partial charge on any atom is 0.112 e. The van der Waals surface area contributed by atoms with Gasteiger partial charge in [-0.25, -0.2) is 0 Å². The zero-order valence-electron chi connectivity index (χ0n) is 5.57. The van der Waals surface area contributed by atoms with E-state index in [1.54, 1.807) is 0 Å². The van der Waals surface area contributed by atoms with E-state index in [9.17, 15) is 0 Å². The van der Waals surface area contributed by atoms with Crippen molar-refractivity contribution in [3.05, 3.63) is 0 Å². The first-order valence-corrected chi connectivity index (χ1v) is 3.14. The Morgan fingerprint density at radius 3 is 2.14 bits per heavy atom. The summed E-state index contributed by atoms with van der Waals surface area (Å²) in [6.07, 6.45) is 2.50. The second kappa shape index (κ2) is 4.23. The molecule has 1 unspecified atom stereocenters. The smallest absolute Gasteiger partial charge is 0.0827 e. The first-order valence-electron chi connectivity index (χ1n) is 3.14. The zero-order chi connectivity index (χ0) is 5.70. The maximum atomic E-state index is 2.35. The fraction of sp³-hybridized carbons (Fsp3) is 1.00. The predicted octanol–water partition coefficient (Wildman–Crippen LogP) is 2.35. The van der Waals surface area contributed by atoms with Crippen LogP contribution in [0.25, 0.3) is 0 Å². The van der Waals surface area contributed by atoms with Crippen LogP contribution in [0.15, 0.2) is 0 Å². The summed E-state index contributed by atoms with van der Waals surface area (Å²) in [5.74, 6) is 0.824. The lowest BCUT2D eigenvalue weighted by molar-refractivity contribution is 0.865. The largest absolute Gasteiger partial charge is 0.112 e. The van der Waals surface area contributed by atoms with Crippen molar-refractivity contribution in [1.82, 2.24) is 0 Å². The van der Waals surface area contributed by atoms with Crippen LogP contribution in [0.1, 0.15) is 27.2 Å². The molecule has 0 aromatic rings. The van der Waals surface area contributed by atoms with Crippen molar-refractivity contribution in [2.45, 2.75) is 39.3 Å². The lowest BCUT2D eigenvalue weighted by atomic mass is 9.62. The monoisotopic (exact) mass is 97.1 g/mol. The normalized spacial score (nSPS) is 13.6. The quantitative estimate of drug-likeness (QED) is 0.474. The van der Waals surface area contributed by atoms with Crippen molar-refractivity contribution >= 4 is 7.28 Å². The van der Waals surface area contributed by atoms with Crippen molar-refractivity contribution in [2.24, 2.45) is 0 Å². The maximum absolute atomic E-state index is 2.35. The molecule has 0 bridgehead atoms. The fourth-order valence-electron chi connectivity index (χ4n) is 0.569. The van der Waals surface area contributed by atoms with Gasteiger partial charge >= 0.3 is 0 Å². The van der Waals surface area contributed by atoms with Crippen LogP contribution in [0.5, 0.6) is 0 Å². The minimum absolute atomic E-state index is 0.824. The molecule has 0 saturated carbocycles. The summed E-state index contributed by atoms with van der Waals surface area (Å²) in [7, 11) is 2.35. The van der Waals surface area contributed by atoms with Crippen LogP contribution in [-0.2, 0) is 0 Å². The lowest BCUT2D eigenvalue weighted by Gasteiger charge is -2.00. The van der Waals surface area contributed by atoms with Crippen LogP contribution in [0.2, 0.25) is 12.1 Å². The van der Waals surface area contributed by atoms with Crippen LogP contribution < -0.4 is 0 Å². The van der Waals surface area contributed by atoms with Gasteiger partial charge in [0, 0.05) is 0 Å². The second-order valence-corrected chi connectivity index (χ2v) is 2.03. The molecular weight excluding hydrogens is 82.9 g/mol. The molecule has 0 spiro atoms. The van der Waals surface area contributed by atoms with Gasteiger partial charge in [-0.3, -0.25) is 0 Å². The summed E-state index contributed by atoms with van der Waals surface area (Å²) in [5, 5.41) is 0. The molecule has 7 heavy (non-hydrogen) atoms. The van der Waals surface area contributed by atoms with E-state index < -0.39 is 0 Å². The SMILES string of the molecule is CC[B]C(C)CC. The third kappa shape index (κ3) is 3.91. The third-order valence-electron chi connectivity index (χ3n) is 1.28. The molecular formula is C6H14B. The fourth-order valence-corrected chi connectivity index (χ4v) is 0.569. The van der Waals surface area contributed by atoms with Crippen molar-refractivity contribution in [3.8, 4) is 0 Å². The van der Waals surface area contributed by atoms with Gasteiger partial charge in [0.1, 0.15) is 7.28 Å². The van der Waals surface area contributed by atoms with Gasteiger partial charge < -0.3 is 0 Å². The predicted molar refractivity (Wildman–Crippen MR) is 35.9 cm³/mol. The topological polar surface area (TPSA) is 0 Å². The molecule has 0 aliphatic carbocycles. The van der Waals surface area contributed by atoms with Gasteiger partial charge in [0.2, 0.25) is 0 Å². The average Bonchev–Trinajstić information content (AvgIpc) is 1.68. The zero-order valence-corrected chi connectivity index (χ0v) is 5.57. The Morgan fingerprint density at radius 2 is 2.00 bits per heavy atom. The second-order valence-electron chi connectivity index (χ2n) is 2.03. The average molecular weight is 97.0 g/mol. The number of hydrogen-bond donors (Lipinski definition) is 0. The Bertz CT molecular complexity index is 35.2. The summed E-state index contributed by atoms with van der Waals surface area (Å²) in [5.41, 5.74) is 0. The Morgan fingerprint density at radius 1 is 1.43 bits per heavy atom. The standard InChI is InChI=1S/C6H14B/c1-4-6(3)7-5-2/h6H,4-5H2,1-3H3. The first kappa shape index (κ1) is 7.06. The van der Waals surface area contributed by atoms with Gasteiger partial charge in [-0.2, -0.15) is 0 Å². The van der Waals surface area contributed by atoms with Gasteiger partial charge in [0.05, 0.1) is 0 Å². The van der Waals surface area contributed by atoms with E-state index in [2.05, 4.69) is 28.1 Å². The number of rotatable bonds is 3. The van der Waals surface area contributed by atoms with E-state index in [0.717, 1.165) is 5.82 Å². The molecule has 0 aromatic heterocycles. The van der Waals surface area contributed by atoms with E-state index in [4.69, 9.17) is 0 Å². The summed E-state index contributed by atoms with van der Waals surface area (Å²) in [6.45, 7) is 6.66. The molecule has 1 atom stereocenters. The molecule has 41 valence electrons. The van der Waals surface area contributed by atoms with E-state index in [1.807, 2.05) is 0 Å². The van der Waals surface area contributed by atoms with Gasteiger partial charge in [0.25, 0.3) is 0 Å². The van der Waals surface area contributed by atoms with Crippen molar-refractivity contribution in [3.63, 3.8) is 0 Å². The van der Waals surface area contributed by atoms with E-state index >= 15 is 0 Å². The molecule has 0 amide bonds. The molecule has 0 aromatic carbocycles. The summed E-state index contributed by atoms with van der Waals surface area (Å²) in [4.78, 5) is 0. The highest BCUT2D eigenvalue weighted by Gasteiger charge is 1.94. The molecule has 0 aliphatic heterocycles. The van der Waals surface area contributed by atoms with Gasteiger partial charge in [-0.15, -0.1) is 0 Å². The Kier molecular flexibility index (Phi) is 4.27. The van der Waals surface area contributed by atoms with E-state index in [-0.39, 0.29) is 0 Å². The summed E-state index contributed by atoms with van der Waals surface area (Å²) >= 11 is 0. The minimum atomic E-state index is 0.824. The Hall–Kier alpha value is 0.0649. The van der Waals surface area contributed by atoms with Crippen LogP contribution >= 0.6 is 0 Å². The molecule has 0 nitrogen and oxygen atoms in total. The molecule has 0 saturated heterocycles. The Labute approximate surface area is 47.6 Å². The first-order chi connectivity index (χ1) is 3.31. The van der Waals surface area contributed by atoms with Crippen LogP contribution in [0.4, 0.5) is 0 Å². The summed E-state index contributed by atoms with van der Waals surface area (Å²) < 4.78 is 0. The minimum Gasteiger partial charge on any atom is -0.0827 e. The van der Waals surface area contributed by atoms with Gasteiger partial charge in [-0.1, -0.05) is 39.3 Å². The molecule has 0 N–H and O–H groups in total. The lowest BCUT2D eigenvalue weighted by Crippen LogP contribution is -1.94. The molecule has 1 heteroatoms. The molecule has 0 rings (SSSR count). The summed E-state index contributed by atoms with van der Waals surface area (Å²) in [6, 6.07) is 0. The van der Waals surface area contributed by atoms with Gasteiger partial charge in [-0.05, 0) is 0 Å². The molecule has 0 fully saturated rings. The highest BCUT2D eigenvalue weighted by Crippen LogP contribution is 2.06. The highest BCUT2D eigenvalue weighted by molar-refractivity contribution is 6.37. The van der Waals surface area contributed by atoms with Crippen LogP contribution in [-0.4, -0.2) is 7.28 Å². The number of hydrogen-bond acceptors (Lipinski definition) is 0. The molecule has 0 heterocycles.